The normalized spacial score (nSPS) is 11.2. The maximum atomic E-state index is 12.8. The number of anilines is 1. The molecule has 0 bridgehead atoms. The predicted molar refractivity (Wildman–Crippen MR) is 90.1 cm³/mol. The monoisotopic (exact) mass is 340 g/mol. The Kier molecular flexibility index (Phi) is 6.24. The highest BCUT2D eigenvalue weighted by molar-refractivity contribution is 5.95. The van der Waals surface area contributed by atoms with E-state index in [-0.39, 0.29) is 12.2 Å². The van der Waals surface area contributed by atoms with E-state index in [2.05, 4.69) is 5.32 Å². The van der Waals surface area contributed by atoms with Crippen LogP contribution in [0.2, 0.25) is 0 Å². The molecule has 0 saturated carbocycles. The van der Waals surface area contributed by atoms with Crippen LogP contribution in [0.5, 0.6) is 0 Å². The lowest BCUT2D eigenvalue weighted by molar-refractivity contribution is -0.153. The Labute approximate surface area is 145 Å². The number of ether oxygens (including phenoxy) is 1. The van der Waals surface area contributed by atoms with Crippen LogP contribution in [0.15, 0.2) is 48.5 Å². The molecule has 1 atom stereocenters. The van der Waals surface area contributed by atoms with Crippen LogP contribution in [0.1, 0.15) is 24.5 Å². The molecular formula is C19H17FN2O3. The molecule has 128 valence electrons. The van der Waals surface area contributed by atoms with Crippen molar-refractivity contribution in [3.05, 3.63) is 65.5 Å². The molecule has 6 heteroatoms. The van der Waals surface area contributed by atoms with Crippen molar-refractivity contribution in [3.63, 3.8) is 0 Å². The van der Waals surface area contributed by atoms with Crippen molar-refractivity contribution in [1.29, 1.82) is 5.26 Å². The third kappa shape index (κ3) is 5.74. The first-order valence-corrected chi connectivity index (χ1v) is 7.73. The Morgan fingerprint density at radius 1 is 1.24 bits per heavy atom. The van der Waals surface area contributed by atoms with Crippen LogP contribution in [0, 0.1) is 17.1 Å². The number of rotatable bonds is 6. The minimum Gasteiger partial charge on any atom is -0.453 e. The summed E-state index contributed by atoms with van der Waals surface area (Å²) in [6.45, 7) is 1.47. The second kappa shape index (κ2) is 8.60. The minimum atomic E-state index is -0.966. The zero-order chi connectivity index (χ0) is 18.2. The van der Waals surface area contributed by atoms with Crippen LogP contribution in [-0.4, -0.2) is 18.0 Å². The van der Waals surface area contributed by atoms with Gasteiger partial charge in [0.1, 0.15) is 5.82 Å². The van der Waals surface area contributed by atoms with E-state index >= 15 is 0 Å². The molecule has 0 radical (unpaired) electrons. The first-order valence-electron chi connectivity index (χ1n) is 7.73. The molecule has 0 saturated heterocycles. The lowest BCUT2D eigenvalue weighted by Crippen LogP contribution is -2.30. The molecule has 2 aromatic carbocycles. The summed E-state index contributed by atoms with van der Waals surface area (Å²) in [5.41, 5.74) is 1.68. The number of esters is 1. The molecule has 0 unspecified atom stereocenters. The van der Waals surface area contributed by atoms with Gasteiger partial charge in [-0.2, -0.15) is 5.26 Å². The standard InChI is InChI=1S/C19H17FN2O3/c1-13(19(24)22-17-4-2-3-15(11-17)12-21)25-18(23)10-7-14-5-8-16(20)9-6-14/h2-6,8-9,11,13H,7,10H2,1H3,(H,22,24)/t13-/m1/s1. The van der Waals surface area contributed by atoms with Crippen molar-refractivity contribution in [2.45, 2.75) is 25.9 Å². The van der Waals surface area contributed by atoms with Crippen molar-refractivity contribution in [2.75, 3.05) is 5.32 Å². The van der Waals surface area contributed by atoms with Crippen molar-refractivity contribution in [1.82, 2.24) is 0 Å². The number of halogens is 1. The summed E-state index contributed by atoms with van der Waals surface area (Å²) in [6.07, 6.45) is -0.475. The maximum absolute atomic E-state index is 12.8. The van der Waals surface area contributed by atoms with E-state index in [1.54, 1.807) is 30.3 Å². The molecule has 0 aliphatic carbocycles. The Morgan fingerprint density at radius 2 is 1.96 bits per heavy atom. The highest BCUT2D eigenvalue weighted by atomic mass is 19.1. The number of hydrogen-bond donors (Lipinski definition) is 1. The van der Waals surface area contributed by atoms with Crippen molar-refractivity contribution in [3.8, 4) is 6.07 Å². The van der Waals surface area contributed by atoms with Gasteiger partial charge in [-0.3, -0.25) is 9.59 Å². The minimum absolute atomic E-state index is 0.0904. The Morgan fingerprint density at radius 3 is 2.64 bits per heavy atom. The summed E-state index contributed by atoms with van der Waals surface area (Å²) in [6, 6.07) is 14.3. The number of amides is 1. The number of carbonyl (C=O) groups excluding carboxylic acids is 2. The zero-order valence-electron chi connectivity index (χ0n) is 13.7. The van der Waals surface area contributed by atoms with Crippen molar-refractivity contribution < 1.29 is 18.7 Å². The average molecular weight is 340 g/mol. The number of nitrogens with zero attached hydrogens (tertiary/aromatic N) is 1. The van der Waals surface area contributed by atoms with Crippen molar-refractivity contribution >= 4 is 17.6 Å². The molecule has 0 spiro atoms. The maximum Gasteiger partial charge on any atom is 0.306 e. The van der Waals surface area contributed by atoms with Gasteiger partial charge >= 0.3 is 5.97 Å². The number of hydrogen-bond acceptors (Lipinski definition) is 4. The first-order chi connectivity index (χ1) is 12.0. The second-order valence-corrected chi connectivity index (χ2v) is 5.44. The van der Waals surface area contributed by atoms with Gasteiger partial charge in [0.2, 0.25) is 0 Å². The zero-order valence-corrected chi connectivity index (χ0v) is 13.7. The SMILES string of the molecule is C[C@@H](OC(=O)CCc1ccc(F)cc1)C(=O)Nc1cccc(C#N)c1. The number of nitriles is 1. The van der Waals surface area contributed by atoms with Crippen LogP contribution in [-0.2, 0) is 20.7 Å². The number of nitrogens with one attached hydrogen (secondary N) is 1. The van der Waals surface area contributed by atoms with Crippen LogP contribution in [0.3, 0.4) is 0 Å². The summed E-state index contributed by atoms with van der Waals surface area (Å²) < 4.78 is 17.9. The van der Waals surface area contributed by atoms with Crippen LogP contribution in [0.4, 0.5) is 10.1 Å². The number of carbonyl (C=O) groups is 2. The van der Waals surface area contributed by atoms with E-state index in [1.807, 2.05) is 6.07 Å². The average Bonchev–Trinajstić information content (AvgIpc) is 2.61. The molecule has 2 aromatic rings. The van der Waals surface area contributed by atoms with E-state index in [0.717, 1.165) is 5.56 Å². The van der Waals surface area contributed by atoms with Gasteiger partial charge in [-0.1, -0.05) is 18.2 Å². The van der Waals surface area contributed by atoms with Gasteiger partial charge in [-0.25, -0.2) is 4.39 Å². The van der Waals surface area contributed by atoms with Crippen LogP contribution in [0.25, 0.3) is 0 Å². The van der Waals surface area contributed by atoms with E-state index in [4.69, 9.17) is 10.00 Å². The molecule has 0 aliphatic heterocycles. The predicted octanol–water partition coefficient (Wildman–Crippen LogP) is 3.20. The van der Waals surface area contributed by atoms with Gasteiger partial charge in [0.15, 0.2) is 6.10 Å². The molecular weight excluding hydrogens is 323 g/mol. The lowest BCUT2D eigenvalue weighted by Gasteiger charge is -2.13. The molecule has 5 nitrogen and oxygen atoms in total. The quantitative estimate of drug-likeness (QED) is 0.819. The Hall–Kier alpha value is -3.20. The molecule has 0 aromatic heterocycles. The molecule has 1 amide bonds. The summed E-state index contributed by atoms with van der Waals surface area (Å²) in [5, 5.41) is 11.4. The van der Waals surface area contributed by atoms with Crippen LogP contribution >= 0.6 is 0 Å². The van der Waals surface area contributed by atoms with Gasteiger partial charge in [-0.15, -0.1) is 0 Å². The molecule has 25 heavy (non-hydrogen) atoms. The first kappa shape index (κ1) is 18.1. The number of benzene rings is 2. The van der Waals surface area contributed by atoms with Gasteiger partial charge in [-0.05, 0) is 49.2 Å². The fourth-order valence-electron chi connectivity index (χ4n) is 2.12. The lowest BCUT2D eigenvalue weighted by atomic mass is 10.1. The molecule has 0 aliphatic rings. The van der Waals surface area contributed by atoms with Gasteiger partial charge in [0.25, 0.3) is 5.91 Å². The highest BCUT2D eigenvalue weighted by Gasteiger charge is 2.18. The van der Waals surface area contributed by atoms with E-state index < -0.39 is 18.0 Å². The van der Waals surface area contributed by atoms with E-state index in [9.17, 15) is 14.0 Å². The smallest absolute Gasteiger partial charge is 0.306 e. The summed E-state index contributed by atoms with van der Waals surface area (Å²) in [4.78, 5) is 23.9. The van der Waals surface area contributed by atoms with Gasteiger partial charge in [0, 0.05) is 12.1 Å². The largest absolute Gasteiger partial charge is 0.453 e. The highest BCUT2D eigenvalue weighted by Crippen LogP contribution is 2.11. The molecule has 1 N–H and O–H groups in total. The Bertz CT molecular complexity index is 797. The van der Waals surface area contributed by atoms with Crippen molar-refractivity contribution in [2.24, 2.45) is 0 Å². The fraction of sp³-hybridized carbons (Fsp3) is 0.211. The summed E-state index contributed by atoms with van der Waals surface area (Å²) in [7, 11) is 0. The second-order valence-electron chi connectivity index (χ2n) is 5.44. The van der Waals surface area contributed by atoms with Crippen LogP contribution < -0.4 is 5.32 Å². The summed E-state index contributed by atoms with van der Waals surface area (Å²) >= 11 is 0. The molecule has 0 heterocycles. The molecule has 2 rings (SSSR count). The van der Waals surface area contributed by atoms with Gasteiger partial charge < -0.3 is 10.1 Å². The molecule has 0 fully saturated rings. The fourth-order valence-corrected chi connectivity index (χ4v) is 2.12. The Balaban J connectivity index is 1.82. The van der Waals surface area contributed by atoms with E-state index in [0.29, 0.717) is 17.7 Å². The third-order valence-electron chi connectivity index (χ3n) is 3.47. The third-order valence-corrected chi connectivity index (χ3v) is 3.47. The summed E-state index contributed by atoms with van der Waals surface area (Å²) in [5.74, 6) is -1.33. The van der Waals surface area contributed by atoms with E-state index in [1.165, 1.54) is 25.1 Å². The topological polar surface area (TPSA) is 79.2 Å². The number of aryl methyl sites for hydroxylation is 1. The van der Waals surface area contributed by atoms with Gasteiger partial charge in [0.05, 0.1) is 11.6 Å².